The van der Waals surface area contributed by atoms with Crippen LogP contribution in [0.5, 0.6) is 0 Å². The highest BCUT2D eigenvalue weighted by molar-refractivity contribution is 7.92. The van der Waals surface area contributed by atoms with Gasteiger partial charge in [-0.15, -0.1) is 11.6 Å². The number of halogens is 1. The molecule has 92 valence electrons. The molecule has 0 radical (unpaired) electrons. The van der Waals surface area contributed by atoms with Crippen LogP contribution in [0.25, 0.3) is 0 Å². The second-order valence-electron chi connectivity index (χ2n) is 5.38. The molecule has 0 saturated carbocycles. The van der Waals surface area contributed by atoms with Crippen LogP contribution in [-0.2, 0) is 9.84 Å². The molecule has 0 aliphatic carbocycles. The maximum absolute atomic E-state index is 11.8. The molecule has 0 heterocycles. The maximum Gasteiger partial charge on any atom is 0.156 e. The monoisotopic (exact) mass is 255 g/mol. The summed E-state index contributed by atoms with van der Waals surface area (Å²) < 4.78 is 22.8. The first-order valence-corrected chi connectivity index (χ1v) is 7.24. The van der Waals surface area contributed by atoms with Gasteiger partial charge in [-0.3, -0.25) is 0 Å². The highest BCUT2D eigenvalue weighted by Crippen LogP contribution is 2.15. The SMILES string of the molecule is CC(C)(CCl)NCCS(=O)(=O)C(C)(C)C. The minimum absolute atomic E-state index is 0.150. The summed E-state index contributed by atoms with van der Waals surface area (Å²) >= 11 is 5.72. The summed E-state index contributed by atoms with van der Waals surface area (Å²) in [6.07, 6.45) is 0. The highest BCUT2D eigenvalue weighted by atomic mass is 35.5. The van der Waals surface area contributed by atoms with Crippen molar-refractivity contribution < 1.29 is 8.42 Å². The summed E-state index contributed by atoms with van der Waals surface area (Å²) in [4.78, 5) is 0. The average molecular weight is 256 g/mol. The lowest BCUT2D eigenvalue weighted by Crippen LogP contribution is -2.44. The molecule has 0 aromatic carbocycles. The van der Waals surface area contributed by atoms with E-state index in [4.69, 9.17) is 11.6 Å². The van der Waals surface area contributed by atoms with E-state index in [1.807, 2.05) is 13.8 Å². The van der Waals surface area contributed by atoms with E-state index in [0.717, 1.165) is 0 Å². The molecule has 0 bridgehead atoms. The summed E-state index contributed by atoms with van der Waals surface area (Å²) in [6.45, 7) is 9.49. The van der Waals surface area contributed by atoms with Gasteiger partial charge in [0.05, 0.1) is 10.5 Å². The number of sulfone groups is 1. The van der Waals surface area contributed by atoms with E-state index in [-0.39, 0.29) is 11.3 Å². The van der Waals surface area contributed by atoms with E-state index < -0.39 is 14.6 Å². The van der Waals surface area contributed by atoms with E-state index >= 15 is 0 Å². The van der Waals surface area contributed by atoms with Crippen LogP contribution in [0.4, 0.5) is 0 Å². The largest absolute Gasteiger partial charge is 0.310 e. The zero-order chi connectivity index (χ0) is 12.3. The van der Waals surface area contributed by atoms with Crippen LogP contribution in [0, 0.1) is 0 Å². The molecule has 0 fully saturated rings. The Hall–Kier alpha value is 0.200. The molecule has 0 saturated heterocycles. The van der Waals surface area contributed by atoms with Crippen LogP contribution in [0.3, 0.4) is 0 Å². The highest BCUT2D eigenvalue weighted by Gasteiger charge is 2.28. The molecule has 0 aromatic rings. The fraction of sp³-hybridized carbons (Fsp3) is 1.00. The predicted molar refractivity (Wildman–Crippen MR) is 66.3 cm³/mol. The summed E-state index contributed by atoms with van der Waals surface area (Å²) in [5.74, 6) is 0.611. The fourth-order valence-corrected chi connectivity index (χ4v) is 1.95. The van der Waals surface area contributed by atoms with Crippen LogP contribution in [0.15, 0.2) is 0 Å². The van der Waals surface area contributed by atoms with Gasteiger partial charge in [0.25, 0.3) is 0 Å². The third-order valence-corrected chi connectivity index (χ3v) is 5.52. The van der Waals surface area contributed by atoms with Gasteiger partial charge in [-0.1, -0.05) is 0 Å². The van der Waals surface area contributed by atoms with E-state index in [1.165, 1.54) is 0 Å². The van der Waals surface area contributed by atoms with Crippen molar-refractivity contribution in [3.8, 4) is 0 Å². The summed E-state index contributed by atoms with van der Waals surface area (Å²) in [7, 11) is -3.03. The Kier molecular flexibility index (Phi) is 5.09. The molecule has 0 aromatic heterocycles. The molecule has 3 nitrogen and oxygen atoms in total. The lowest BCUT2D eigenvalue weighted by Gasteiger charge is -2.25. The Morgan fingerprint density at radius 1 is 1.13 bits per heavy atom. The minimum Gasteiger partial charge on any atom is -0.310 e. The molecule has 0 aliphatic rings. The molecule has 15 heavy (non-hydrogen) atoms. The first-order chi connectivity index (χ1) is 6.52. The number of alkyl halides is 1. The maximum atomic E-state index is 11.8. The zero-order valence-corrected chi connectivity index (χ0v) is 11.8. The van der Waals surface area contributed by atoms with Crippen LogP contribution in [-0.4, -0.2) is 36.9 Å². The third kappa shape index (κ3) is 5.18. The summed E-state index contributed by atoms with van der Waals surface area (Å²) in [5.41, 5.74) is -0.213. The van der Waals surface area contributed by atoms with Crippen LogP contribution < -0.4 is 5.32 Å². The number of rotatable bonds is 5. The van der Waals surface area contributed by atoms with Gasteiger partial charge >= 0.3 is 0 Å². The van der Waals surface area contributed by atoms with Crippen LogP contribution in [0.2, 0.25) is 0 Å². The van der Waals surface area contributed by atoms with Crippen molar-refractivity contribution >= 4 is 21.4 Å². The second-order valence-corrected chi connectivity index (χ2v) is 8.51. The van der Waals surface area contributed by atoms with E-state index in [2.05, 4.69) is 5.32 Å². The number of hydrogen-bond acceptors (Lipinski definition) is 3. The standard InChI is InChI=1S/C10H22ClNO2S/c1-9(2,3)15(13,14)7-6-12-10(4,5)8-11/h12H,6-8H2,1-5H3. The molecular weight excluding hydrogens is 234 g/mol. The summed E-state index contributed by atoms with van der Waals surface area (Å²) in [5, 5.41) is 3.13. The normalized spacial score (nSPS) is 14.3. The van der Waals surface area contributed by atoms with Crippen molar-refractivity contribution in [1.82, 2.24) is 5.32 Å². The fourth-order valence-electron chi connectivity index (χ4n) is 0.877. The molecule has 0 spiro atoms. The number of nitrogens with one attached hydrogen (secondary N) is 1. The Labute approximate surface area is 98.5 Å². The topological polar surface area (TPSA) is 46.2 Å². The van der Waals surface area contributed by atoms with Gasteiger partial charge < -0.3 is 5.32 Å². The van der Waals surface area contributed by atoms with E-state index in [9.17, 15) is 8.42 Å². The predicted octanol–water partition coefficient (Wildman–Crippen LogP) is 1.81. The van der Waals surface area contributed by atoms with Crippen molar-refractivity contribution in [2.45, 2.75) is 44.9 Å². The Bertz CT molecular complexity index is 291. The molecule has 0 amide bonds. The molecule has 0 aliphatic heterocycles. The van der Waals surface area contributed by atoms with Gasteiger partial charge in [0, 0.05) is 18.0 Å². The smallest absolute Gasteiger partial charge is 0.156 e. The van der Waals surface area contributed by atoms with Crippen molar-refractivity contribution in [3.63, 3.8) is 0 Å². The first-order valence-electron chi connectivity index (χ1n) is 5.05. The van der Waals surface area contributed by atoms with Crippen molar-refractivity contribution in [3.05, 3.63) is 0 Å². The van der Waals surface area contributed by atoms with Gasteiger partial charge in [-0.2, -0.15) is 0 Å². The quantitative estimate of drug-likeness (QED) is 0.763. The second kappa shape index (κ2) is 5.02. The zero-order valence-electron chi connectivity index (χ0n) is 10.2. The summed E-state index contributed by atoms with van der Waals surface area (Å²) in [6, 6.07) is 0. The van der Waals surface area contributed by atoms with Crippen LogP contribution in [0.1, 0.15) is 34.6 Å². The van der Waals surface area contributed by atoms with Crippen LogP contribution >= 0.6 is 11.6 Å². The minimum atomic E-state index is -3.03. The van der Waals surface area contributed by atoms with Crippen molar-refractivity contribution in [2.75, 3.05) is 18.2 Å². The van der Waals surface area contributed by atoms with Gasteiger partial charge in [-0.25, -0.2) is 8.42 Å². The van der Waals surface area contributed by atoms with E-state index in [0.29, 0.717) is 12.4 Å². The lowest BCUT2D eigenvalue weighted by atomic mass is 10.1. The molecule has 5 heteroatoms. The molecule has 0 rings (SSSR count). The molecule has 0 atom stereocenters. The number of hydrogen-bond donors (Lipinski definition) is 1. The van der Waals surface area contributed by atoms with Crippen molar-refractivity contribution in [2.24, 2.45) is 0 Å². The average Bonchev–Trinajstić information content (AvgIpc) is 2.01. The van der Waals surface area contributed by atoms with Gasteiger partial charge in [0.2, 0.25) is 0 Å². The Balaban J connectivity index is 4.20. The van der Waals surface area contributed by atoms with Gasteiger partial charge in [0.15, 0.2) is 9.84 Å². The first kappa shape index (κ1) is 15.2. The molecule has 1 N–H and O–H groups in total. The lowest BCUT2D eigenvalue weighted by molar-refractivity contribution is 0.443. The Morgan fingerprint density at radius 3 is 1.93 bits per heavy atom. The van der Waals surface area contributed by atoms with Gasteiger partial charge in [-0.05, 0) is 34.6 Å². The van der Waals surface area contributed by atoms with Gasteiger partial charge in [0.1, 0.15) is 0 Å². The molecular formula is C10H22ClNO2S. The third-order valence-electron chi connectivity index (χ3n) is 2.24. The Morgan fingerprint density at radius 2 is 1.60 bits per heavy atom. The molecule has 0 unspecified atom stereocenters. The van der Waals surface area contributed by atoms with Crippen molar-refractivity contribution in [1.29, 1.82) is 0 Å². The van der Waals surface area contributed by atoms with E-state index in [1.54, 1.807) is 20.8 Å².